The van der Waals surface area contributed by atoms with Gasteiger partial charge in [0.15, 0.2) is 6.61 Å². The Morgan fingerprint density at radius 3 is 2.56 bits per heavy atom. The number of sulfonamides is 1. The second-order valence-corrected chi connectivity index (χ2v) is 8.84. The van der Waals surface area contributed by atoms with Gasteiger partial charge in [0.1, 0.15) is 0 Å². The molecule has 0 radical (unpaired) electrons. The van der Waals surface area contributed by atoms with Gasteiger partial charge in [-0.2, -0.15) is 4.31 Å². The summed E-state index contributed by atoms with van der Waals surface area (Å²) < 4.78 is 36.9. The Labute approximate surface area is 159 Å². The second kappa shape index (κ2) is 8.81. The maximum absolute atomic E-state index is 12.7. The number of benzene rings is 1. The van der Waals surface area contributed by atoms with Crippen molar-refractivity contribution < 1.29 is 27.5 Å². The Morgan fingerprint density at radius 1 is 1.26 bits per heavy atom. The van der Waals surface area contributed by atoms with Crippen molar-refractivity contribution in [3.63, 3.8) is 0 Å². The van der Waals surface area contributed by atoms with Crippen LogP contribution in [-0.4, -0.2) is 63.0 Å². The molecule has 1 fully saturated rings. The summed E-state index contributed by atoms with van der Waals surface area (Å²) >= 11 is 0. The molecule has 1 aliphatic rings. The first-order valence-electron chi connectivity index (χ1n) is 8.82. The van der Waals surface area contributed by atoms with E-state index in [-0.39, 0.29) is 23.5 Å². The van der Waals surface area contributed by atoms with Crippen molar-refractivity contribution in [2.24, 2.45) is 0 Å². The Bertz CT molecular complexity index is 785. The van der Waals surface area contributed by atoms with Crippen LogP contribution >= 0.6 is 0 Å². The van der Waals surface area contributed by atoms with Gasteiger partial charge in [-0.3, -0.25) is 4.79 Å². The predicted octanol–water partition coefficient (Wildman–Crippen LogP) is 1.17. The molecule has 8 nitrogen and oxygen atoms in total. The van der Waals surface area contributed by atoms with Crippen LogP contribution in [0.4, 0.5) is 0 Å². The molecule has 1 aromatic rings. The quantitative estimate of drug-likeness (QED) is 0.692. The molecule has 150 valence electrons. The number of hydrogen-bond acceptors (Lipinski definition) is 6. The van der Waals surface area contributed by atoms with Crippen molar-refractivity contribution in [2.75, 3.05) is 32.9 Å². The van der Waals surface area contributed by atoms with Crippen LogP contribution < -0.4 is 5.32 Å². The lowest BCUT2D eigenvalue weighted by Crippen LogP contribution is -2.44. The molecule has 27 heavy (non-hydrogen) atoms. The number of rotatable bonds is 7. The maximum atomic E-state index is 12.7. The summed E-state index contributed by atoms with van der Waals surface area (Å²) in [4.78, 5) is 24.1. The highest BCUT2D eigenvalue weighted by Gasteiger charge is 2.27. The van der Waals surface area contributed by atoms with E-state index in [1.54, 1.807) is 0 Å². The summed E-state index contributed by atoms with van der Waals surface area (Å²) in [6.45, 7) is 6.46. The fraction of sp³-hybridized carbons (Fsp3) is 0.556. The molecule has 0 aromatic heterocycles. The number of nitrogens with zero attached hydrogens (tertiary/aromatic N) is 1. The zero-order valence-electron chi connectivity index (χ0n) is 15.9. The molecular weight excluding hydrogens is 372 g/mol. The van der Waals surface area contributed by atoms with Crippen LogP contribution in [0.5, 0.6) is 0 Å². The molecule has 2 rings (SSSR count). The minimum atomic E-state index is -3.71. The lowest BCUT2D eigenvalue weighted by Gasteiger charge is -2.26. The summed E-state index contributed by atoms with van der Waals surface area (Å²) in [6.07, 6.45) is 0.730. The summed E-state index contributed by atoms with van der Waals surface area (Å²) in [5.41, 5.74) is -0.317. The largest absolute Gasteiger partial charge is 0.452 e. The molecule has 1 N–H and O–H groups in total. The molecule has 0 aliphatic carbocycles. The average molecular weight is 398 g/mol. The Balaban J connectivity index is 2.04. The van der Waals surface area contributed by atoms with Gasteiger partial charge in [0, 0.05) is 18.6 Å². The first-order chi connectivity index (χ1) is 12.7. The van der Waals surface area contributed by atoms with Gasteiger partial charge in [0.25, 0.3) is 5.91 Å². The smallest absolute Gasteiger partial charge is 0.338 e. The number of esters is 1. The predicted molar refractivity (Wildman–Crippen MR) is 98.8 cm³/mol. The van der Waals surface area contributed by atoms with Crippen molar-refractivity contribution in [1.29, 1.82) is 0 Å². The van der Waals surface area contributed by atoms with Crippen molar-refractivity contribution in [1.82, 2.24) is 9.62 Å². The van der Waals surface area contributed by atoms with E-state index in [2.05, 4.69) is 5.32 Å². The standard InChI is InChI=1S/C18H26N2O6S/c1-4-18(2,3)19-16(21)13-26-17(22)14-6-5-7-15(12-14)27(23,24)20-8-10-25-11-9-20/h5-7,12H,4,8-11,13H2,1-3H3,(H,19,21). The molecule has 9 heteroatoms. The third-order valence-electron chi connectivity index (χ3n) is 4.37. The molecular formula is C18H26N2O6S. The van der Waals surface area contributed by atoms with Gasteiger partial charge in [-0.05, 0) is 38.5 Å². The van der Waals surface area contributed by atoms with Gasteiger partial charge >= 0.3 is 5.97 Å². The van der Waals surface area contributed by atoms with Crippen LogP contribution in [0.3, 0.4) is 0 Å². The molecule has 0 saturated carbocycles. The normalized spacial score (nSPS) is 16.0. The highest BCUT2D eigenvalue weighted by Crippen LogP contribution is 2.19. The third-order valence-corrected chi connectivity index (χ3v) is 6.27. The van der Waals surface area contributed by atoms with E-state index < -0.39 is 34.0 Å². The Kier molecular flexibility index (Phi) is 6.96. The molecule has 0 bridgehead atoms. The lowest BCUT2D eigenvalue weighted by atomic mass is 10.0. The summed E-state index contributed by atoms with van der Waals surface area (Å²) in [6, 6.07) is 5.62. The topological polar surface area (TPSA) is 102 Å². The summed E-state index contributed by atoms with van der Waals surface area (Å²) in [5, 5.41) is 2.76. The van der Waals surface area contributed by atoms with E-state index in [0.29, 0.717) is 13.2 Å². The van der Waals surface area contributed by atoms with E-state index in [1.165, 1.54) is 28.6 Å². The SMILES string of the molecule is CCC(C)(C)NC(=O)COC(=O)c1cccc(S(=O)(=O)N2CCOCC2)c1. The monoisotopic (exact) mass is 398 g/mol. The van der Waals surface area contributed by atoms with Crippen LogP contribution in [0.25, 0.3) is 0 Å². The zero-order chi connectivity index (χ0) is 20.1. The van der Waals surface area contributed by atoms with E-state index in [0.717, 1.165) is 6.42 Å². The van der Waals surface area contributed by atoms with Crippen molar-refractivity contribution in [3.8, 4) is 0 Å². The van der Waals surface area contributed by atoms with Crippen molar-refractivity contribution in [3.05, 3.63) is 29.8 Å². The summed E-state index contributed by atoms with van der Waals surface area (Å²) in [5.74, 6) is -1.16. The van der Waals surface area contributed by atoms with Crippen LogP contribution in [0.1, 0.15) is 37.6 Å². The average Bonchev–Trinajstić information content (AvgIpc) is 2.66. The minimum Gasteiger partial charge on any atom is -0.452 e. The number of carbonyl (C=O) groups is 2. The molecule has 1 aliphatic heterocycles. The Hall–Kier alpha value is -1.97. The fourth-order valence-electron chi connectivity index (χ4n) is 2.44. The fourth-order valence-corrected chi connectivity index (χ4v) is 3.89. The molecule has 1 heterocycles. The zero-order valence-corrected chi connectivity index (χ0v) is 16.7. The van der Waals surface area contributed by atoms with Crippen LogP contribution in [-0.2, 0) is 24.3 Å². The first kappa shape index (κ1) is 21.3. The van der Waals surface area contributed by atoms with E-state index in [9.17, 15) is 18.0 Å². The van der Waals surface area contributed by atoms with Gasteiger partial charge in [0.05, 0.1) is 23.7 Å². The van der Waals surface area contributed by atoms with Crippen molar-refractivity contribution in [2.45, 2.75) is 37.6 Å². The van der Waals surface area contributed by atoms with Gasteiger partial charge in [-0.25, -0.2) is 13.2 Å². The number of carbonyl (C=O) groups excluding carboxylic acids is 2. The summed E-state index contributed by atoms with van der Waals surface area (Å²) in [7, 11) is -3.71. The van der Waals surface area contributed by atoms with Crippen LogP contribution in [0.15, 0.2) is 29.2 Å². The van der Waals surface area contributed by atoms with E-state index in [1.807, 2.05) is 20.8 Å². The van der Waals surface area contributed by atoms with Gasteiger partial charge in [-0.1, -0.05) is 13.0 Å². The minimum absolute atomic E-state index is 0.00965. The highest BCUT2D eigenvalue weighted by atomic mass is 32.2. The second-order valence-electron chi connectivity index (χ2n) is 6.91. The number of ether oxygens (including phenoxy) is 2. The molecule has 0 atom stereocenters. The highest BCUT2D eigenvalue weighted by molar-refractivity contribution is 7.89. The molecule has 1 aromatic carbocycles. The van der Waals surface area contributed by atoms with Crippen LogP contribution in [0.2, 0.25) is 0 Å². The van der Waals surface area contributed by atoms with Crippen molar-refractivity contribution >= 4 is 21.9 Å². The number of nitrogens with one attached hydrogen (secondary N) is 1. The molecule has 0 spiro atoms. The van der Waals surface area contributed by atoms with E-state index in [4.69, 9.17) is 9.47 Å². The van der Waals surface area contributed by atoms with Crippen LogP contribution in [0, 0.1) is 0 Å². The maximum Gasteiger partial charge on any atom is 0.338 e. The third kappa shape index (κ3) is 5.75. The Morgan fingerprint density at radius 2 is 1.93 bits per heavy atom. The van der Waals surface area contributed by atoms with Gasteiger partial charge in [-0.15, -0.1) is 0 Å². The molecule has 1 amide bonds. The number of morpholine rings is 1. The first-order valence-corrected chi connectivity index (χ1v) is 10.3. The van der Waals surface area contributed by atoms with Gasteiger partial charge < -0.3 is 14.8 Å². The van der Waals surface area contributed by atoms with E-state index >= 15 is 0 Å². The lowest BCUT2D eigenvalue weighted by molar-refractivity contribution is -0.125. The molecule has 1 saturated heterocycles. The number of hydrogen-bond donors (Lipinski definition) is 1. The molecule has 0 unspecified atom stereocenters. The van der Waals surface area contributed by atoms with Gasteiger partial charge in [0.2, 0.25) is 10.0 Å². The number of amides is 1.